The first-order valence-corrected chi connectivity index (χ1v) is 7.07. The maximum atomic E-state index is 12.3. The van der Waals surface area contributed by atoms with Gasteiger partial charge in [-0.05, 0) is 18.6 Å². The van der Waals surface area contributed by atoms with Gasteiger partial charge in [-0.15, -0.1) is 0 Å². The van der Waals surface area contributed by atoms with Gasteiger partial charge in [0.2, 0.25) is 0 Å². The highest BCUT2D eigenvalue weighted by atomic mass is 35.7. The first kappa shape index (κ1) is 14.7. The van der Waals surface area contributed by atoms with E-state index in [1.807, 2.05) is 0 Å². The van der Waals surface area contributed by atoms with Crippen LogP contribution in [-0.2, 0) is 15.5 Å². The third-order valence-corrected chi connectivity index (χ3v) is 3.57. The predicted molar refractivity (Wildman–Crippen MR) is 60.2 cm³/mol. The van der Waals surface area contributed by atoms with Crippen LogP contribution in [0.2, 0.25) is 0 Å². The highest BCUT2D eigenvalue weighted by Crippen LogP contribution is 2.33. The van der Waals surface area contributed by atoms with E-state index in [-0.39, 0.29) is 22.4 Å². The molecule has 0 aliphatic rings. The number of alkyl halides is 2. The second-order valence-corrected chi connectivity index (χ2v) is 5.74. The number of hydrogen-bond donors (Lipinski definition) is 0. The lowest BCUT2D eigenvalue weighted by atomic mass is 10.1. The molecule has 1 rings (SSSR count). The average molecular weight is 296 g/mol. The molecule has 0 radical (unpaired) electrons. The van der Waals surface area contributed by atoms with Crippen LogP contribution in [0.1, 0.15) is 18.1 Å². The topological polar surface area (TPSA) is 67.2 Å². The fourth-order valence-electron chi connectivity index (χ4n) is 1.48. The summed E-state index contributed by atoms with van der Waals surface area (Å²) in [5.41, 5.74) is -0.208. The molecule has 1 aromatic rings. The lowest BCUT2D eigenvalue weighted by molar-refractivity contribution is -0.0507. The van der Waals surface area contributed by atoms with Crippen molar-refractivity contribution in [3.8, 4) is 11.8 Å². The molecule has 0 unspecified atom stereocenters. The SMILES string of the molecule is CCc1c(S(=O)(=O)Cl)ccc(C#N)c1OC(F)F. The first-order valence-electron chi connectivity index (χ1n) is 4.76. The number of nitriles is 1. The molecule has 0 bridgehead atoms. The molecule has 0 aliphatic carbocycles. The summed E-state index contributed by atoms with van der Waals surface area (Å²) in [6.45, 7) is -1.61. The fraction of sp³-hybridized carbons (Fsp3) is 0.300. The molecule has 0 aromatic heterocycles. The highest BCUT2D eigenvalue weighted by Gasteiger charge is 2.23. The van der Waals surface area contributed by atoms with Gasteiger partial charge in [0.15, 0.2) is 0 Å². The average Bonchev–Trinajstić information content (AvgIpc) is 2.26. The van der Waals surface area contributed by atoms with Crippen molar-refractivity contribution in [2.45, 2.75) is 24.9 Å². The second-order valence-electron chi connectivity index (χ2n) is 3.20. The Hall–Kier alpha value is -1.39. The molecule has 18 heavy (non-hydrogen) atoms. The van der Waals surface area contributed by atoms with Crippen LogP contribution in [0.4, 0.5) is 8.78 Å². The Morgan fingerprint density at radius 2 is 2.11 bits per heavy atom. The van der Waals surface area contributed by atoms with Crippen LogP contribution in [-0.4, -0.2) is 15.0 Å². The zero-order chi connectivity index (χ0) is 13.9. The zero-order valence-corrected chi connectivity index (χ0v) is 10.7. The predicted octanol–water partition coefficient (Wildman–Crippen LogP) is 2.65. The fourth-order valence-corrected chi connectivity index (χ4v) is 2.68. The molecule has 0 saturated heterocycles. The number of nitrogens with zero attached hydrogens (tertiary/aromatic N) is 1. The van der Waals surface area contributed by atoms with E-state index >= 15 is 0 Å². The number of rotatable bonds is 4. The van der Waals surface area contributed by atoms with Crippen molar-refractivity contribution in [1.82, 2.24) is 0 Å². The highest BCUT2D eigenvalue weighted by molar-refractivity contribution is 8.13. The van der Waals surface area contributed by atoms with Crippen molar-refractivity contribution in [3.63, 3.8) is 0 Å². The van der Waals surface area contributed by atoms with Gasteiger partial charge >= 0.3 is 6.61 Å². The quantitative estimate of drug-likeness (QED) is 0.801. The number of hydrogen-bond acceptors (Lipinski definition) is 4. The van der Waals surface area contributed by atoms with E-state index in [4.69, 9.17) is 15.9 Å². The Kier molecular flexibility index (Phi) is 4.48. The van der Waals surface area contributed by atoms with E-state index in [2.05, 4.69) is 4.74 Å². The van der Waals surface area contributed by atoms with E-state index < -0.39 is 21.4 Å². The second kappa shape index (κ2) is 5.50. The first-order chi connectivity index (χ1) is 8.31. The Labute approximate surface area is 107 Å². The van der Waals surface area contributed by atoms with Crippen LogP contribution in [0, 0.1) is 11.3 Å². The molecule has 0 heterocycles. The molecule has 0 spiro atoms. The van der Waals surface area contributed by atoms with Gasteiger partial charge in [-0.2, -0.15) is 14.0 Å². The Balaban J connectivity index is 3.58. The van der Waals surface area contributed by atoms with Gasteiger partial charge in [-0.1, -0.05) is 6.92 Å². The van der Waals surface area contributed by atoms with Crippen LogP contribution in [0.25, 0.3) is 0 Å². The lowest BCUT2D eigenvalue weighted by Gasteiger charge is -2.13. The van der Waals surface area contributed by atoms with Crippen molar-refractivity contribution in [1.29, 1.82) is 5.26 Å². The lowest BCUT2D eigenvalue weighted by Crippen LogP contribution is -2.09. The summed E-state index contributed by atoms with van der Waals surface area (Å²) >= 11 is 0. The van der Waals surface area contributed by atoms with Crippen LogP contribution >= 0.6 is 10.7 Å². The largest absolute Gasteiger partial charge is 0.433 e. The van der Waals surface area contributed by atoms with Gasteiger partial charge in [-0.3, -0.25) is 0 Å². The minimum absolute atomic E-state index is 0.0376. The van der Waals surface area contributed by atoms with Gasteiger partial charge in [-0.25, -0.2) is 8.42 Å². The molecule has 0 saturated carbocycles. The molecule has 8 heteroatoms. The number of ether oxygens (including phenoxy) is 1. The van der Waals surface area contributed by atoms with Crippen molar-refractivity contribution in [2.24, 2.45) is 0 Å². The molecule has 1 aromatic carbocycles. The van der Waals surface area contributed by atoms with Crippen molar-refractivity contribution >= 4 is 19.7 Å². The van der Waals surface area contributed by atoms with E-state index in [9.17, 15) is 17.2 Å². The third-order valence-electron chi connectivity index (χ3n) is 2.16. The van der Waals surface area contributed by atoms with Gasteiger partial charge in [0.05, 0.1) is 10.5 Å². The maximum absolute atomic E-state index is 12.3. The normalized spacial score (nSPS) is 11.3. The van der Waals surface area contributed by atoms with Crippen LogP contribution < -0.4 is 4.74 Å². The smallest absolute Gasteiger partial charge is 0.387 e. The molecule has 0 amide bonds. The van der Waals surface area contributed by atoms with Gasteiger partial charge in [0.1, 0.15) is 11.8 Å². The molecule has 98 valence electrons. The number of benzene rings is 1. The van der Waals surface area contributed by atoms with Gasteiger partial charge < -0.3 is 4.74 Å². The van der Waals surface area contributed by atoms with E-state index in [1.165, 1.54) is 0 Å². The van der Waals surface area contributed by atoms with E-state index in [0.717, 1.165) is 12.1 Å². The molecule has 0 N–H and O–H groups in total. The Morgan fingerprint density at radius 1 is 1.50 bits per heavy atom. The van der Waals surface area contributed by atoms with Crippen molar-refractivity contribution in [2.75, 3.05) is 0 Å². The minimum atomic E-state index is -4.09. The Bertz CT molecular complexity index is 596. The van der Waals surface area contributed by atoms with Crippen molar-refractivity contribution in [3.05, 3.63) is 23.3 Å². The molecule has 4 nitrogen and oxygen atoms in total. The van der Waals surface area contributed by atoms with E-state index in [1.54, 1.807) is 13.0 Å². The molecular formula is C10H8ClF2NO3S. The molecule has 0 aliphatic heterocycles. The zero-order valence-electron chi connectivity index (χ0n) is 9.15. The summed E-state index contributed by atoms with van der Waals surface area (Å²) in [5, 5.41) is 8.79. The van der Waals surface area contributed by atoms with E-state index in [0.29, 0.717) is 0 Å². The maximum Gasteiger partial charge on any atom is 0.387 e. The van der Waals surface area contributed by atoms with Crippen molar-refractivity contribution < 1.29 is 21.9 Å². The van der Waals surface area contributed by atoms with Crippen LogP contribution in [0.3, 0.4) is 0 Å². The molecule has 0 atom stereocenters. The summed E-state index contributed by atoms with van der Waals surface area (Å²) in [6.07, 6.45) is 0.0822. The molecular weight excluding hydrogens is 288 g/mol. The summed E-state index contributed by atoms with van der Waals surface area (Å²) in [6, 6.07) is 3.83. The van der Waals surface area contributed by atoms with Gasteiger partial charge in [0.25, 0.3) is 9.05 Å². The van der Waals surface area contributed by atoms with Crippen LogP contribution in [0.15, 0.2) is 17.0 Å². The summed E-state index contributed by atoms with van der Waals surface area (Å²) in [7, 11) is 1.10. The minimum Gasteiger partial charge on any atom is -0.433 e. The monoisotopic (exact) mass is 295 g/mol. The Morgan fingerprint density at radius 3 is 2.50 bits per heavy atom. The summed E-state index contributed by atoms with van der Waals surface area (Å²) < 4.78 is 51.3. The summed E-state index contributed by atoms with van der Waals surface area (Å²) in [4.78, 5) is -0.332. The van der Waals surface area contributed by atoms with Crippen LogP contribution in [0.5, 0.6) is 5.75 Å². The molecule has 0 fully saturated rings. The van der Waals surface area contributed by atoms with Gasteiger partial charge in [0, 0.05) is 16.2 Å². The number of halogens is 3. The standard InChI is InChI=1S/C10H8ClF2NO3S/c1-2-7-8(18(11,15)16)4-3-6(5-14)9(7)17-10(12)13/h3-4,10H,2H2,1H3. The third kappa shape index (κ3) is 3.09. The summed E-state index contributed by atoms with van der Waals surface area (Å²) in [5.74, 6) is -0.447.